The summed E-state index contributed by atoms with van der Waals surface area (Å²) in [6.45, 7) is 2.10. The second kappa shape index (κ2) is 5.58. The van der Waals surface area contributed by atoms with E-state index in [0.717, 1.165) is 6.42 Å². The van der Waals surface area contributed by atoms with Crippen molar-refractivity contribution in [1.82, 2.24) is 0 Å². The van der Waals surface area contributed by atoms with Crippen LogP contribution in [0.2, 0.25) is 0 Å². The maximum atomic E-state index is 11.5. The fourth-order valence-corrected chi connectivity index (χ4v) is 1.76. The van der Waals surface area contributed by atoms with Gasteiger partial charge in [-0.25, -0.2) is 4.79 Å². The van der Waals surface area contributed by atoms with Crippen molar-refractivity contribution >= 4 is 12.1 Å². The van der Waals surface area contributed by atoms with E-state index in [2.05, 4.69) is 4.74 Å². The molecule has 0 amide bonds. The van der Waals surface area contributed by atoms with Gasteiger partial charge in [0.25, 0.3) is 0 Å². The molecule has 1 fully saturated rings. The normalized spacial score (nSPS) is 24.7. The van der Waals surface area contributed by atoms with Gasteiger partial charge in [0.2, 0.25) is 0 Å². The van der Waals surface area contributed by atoms with Crippen molar-refractivity contribution < 1.29 is 23.8 Å². The number of rotatable bonds is 3. The van der Waals surface area contributed by atoms with E-state index in [4.69, 9.17) is 9.47 Å². The average Bonchev–Trinajstić information content (AvgIpc) is 2.66. The zero-order valence-electron chi connectivity index (χ0n) is 9.02. The number of hydrogen-bond acceptors (Lipinski definition) is 5. The maximum absolute atomic E-state index is 11.5. The summed E-state index contributed by atoms with van der Waals surface area (Å²) in [6.07, 6.45) is 1.14. The Morgan fingerprint density at radius 1 is 1.33 bits per heavy atom. The maximum Gasteiger partial charge on any atom is 0.508 e. The van der Waals surface area contributed by atoms with Crippen LogP contribution in [-0.2, 0) is 19.0 Å². The molecule has 0 N–H and O–H groups in total. The van der Waals surface area contributed by atoms with Gasteiger partial charge in [-0.05, 0) is 26.2 Å². The van der Waals surface area contributed by atoms with E-state index in [1.807, 2.05) is 0 Å². The second-order valence-corrected chi connectivity index (χ2v) is 3.40. The SMILES string of the molecule is CCOC(=O)C1CCC[C@@H]1OC(=O)OC. The first kappa shape index (κ1) is 11.8. The summed E-state index contributed by atoms with van der Waals surface area (Å²) in [5, 5.41) is 0. The molecule has 2 atom stereocenters. The first-order chi connectivity index (χ1) is 7.19. The molecule has 0 aliphatic heterocycles. The highest BCUT2D eigenvalue weighted by atomic mass is 16.7. The van der Waals surface area contributed by atoms with Gasteiger partial charge in [0.1, 0.15) is 6.10 Å². The van der Waals surface area contributed by atoms with Gasteiger partial charge in [-0.2, -0.15) is 0 Å². The molecular formula is C10H16O5. The highest BCUT2D eigenvalue weighted by molar-refractivity contribution is 5.74. The lowest BCUT2D eigenvalue weighted by atomic mass is 10.1. The molecule has 0 bridgehead atoms. The lowest BCUT2D eigenvalue weighted by Crippen LogP contribution is -2.29. The number of hydrogen-bond donors (Lipinski definition) is 0. The third kappa shape index (κ3) is 3.11. The first-order valence-corrected chi connectivity index (χ1v) is 5.10. The minimum absolute atomic E-state index is 0.288. The molecule has 0 radical (unpaired) electrons. The molecule has 1 aliphatic carbocycles. The average molecular weight is 216 g/mol. The van der Waals surface area contributed by atoms with Crippen molar-refractivity contribution in [3.05, 3.63) is 0 Å². The third-order valence-electron chi connectivity index (χ3n) is 2.46. The zero-order chi connectivity index (χ0) is 11.3. The molecule has 1 saturated carbocycles. The molecule has 1 unspecified atom stereocenters. The number of esters is 1. The van der Waals surface area contributed by atoms with Crippen molar-refractivity contribution in [2.24, 2.45) is 5.92 Å². The monoisotopic (exact) mass is 216 g/mol. The van der Waals surface area contributed by atoms with Gasteiger partial charge in [-0.15, -0.1) is 0 Å². The predicted molar refractivity (Wildman–Crippen MR) is 51.3 cm³/mol. The summed E-state index contributed by atoms with van der Waals surface area (Å²) < 4.78 is 14.3. The molecular weight excluding hydrogens is 200 g/mol. The summed E-state index contributed by atoms with van der Waals surface area (Å²) in [4.78, 5) is 22.4. The van der Waals surface area contributed by atoms with E-state index >= 15 is 0 Å². The van der Waals surface area contributed by atoms with Gasteiger partial charge >= 0.3 is 12.1 Å². The molecule has 1 rings (SSSR count). The summed E-state index contributed by atoms with van der Waals surface area (Å²) in [6, 6.07) is 0. The van der Waals surface area contributed by atoms with Gasteiger partial charge < -0.3 is 14.2 Å². The topological polar surface area (TPSA) is 61.8 Å². The smallest absolute Gasteiger partial charge is 0.466 e. The highest BCUT2D eigenvalue weighted by Crippen LogP contribution is 2.29. The van der Waals surface area contributed by atoms with Crippen LogP contribution in [0.1, 0.15) is 26.2 Å². The van der Waals surface area contributed by atoms with Crippen LogP contribution in [0.4, 0.5) is 4.79 Å². The van der Waals surface area contributed by atoms with Crippen LogP contribution < -0.4 is 0 Å². The van der Waals surface area contributed by atoms with Crippen molar-refractivity contribution in [2.45, 2.75) is 32.3 Å². The van der Waals surface area contributed by atoms with Crippen LogP contribution >= 0.6 is 0 Å². The predicted octanol–water partition coefficient (Wildman–Crippen LogP) is 1.50. The standard InChI is InChI=1S/C10H16O5/c1-3-14-9(11)7-5-4-6-8(7)15-10(12)13-2/h7-8H,3-6H2,1-2H3/t7?,8-/m0/s1. The molecule has 0 saturated heterocycles. The van der Waals surface area contributed by atoms with Crippen molar-refractivity contribution in [1.29, 1.82) is 0 Å². The van der Waals surface area contributed by atoms with E-state index in [-0.39, 0.29) is 11.9 Å². The molecule has 5 heteroatoms. The minimum atomic E-state index is -0.740. The van der Waals surface area contributed by atoms with E-state index < -0.39 is 12.3 Å². The zero-order valence-corrected chi connectivity index (χ0v) is 9.02. The van der Waals surface area contributed by atoms with Crippen molar-refractivity contribution in [3.8, 4) is 0 Å². The van der Waals surface area contributed by atoms with Crippen LogP contribution in [-0.4, -0.2) is 31.9 Å². The molecule has 1 aliphatic rings. The van der Waals surface area contributed by atoms with Crippen LogP contribution in [0.5, 0.6) is 0 Å². The number of ether oxygens (including phenoxy) is 3. The first-order valence-electron chi connectivity index (χ1n) is 5.10. The van der Waals surface area contributed by atoms with Crippen LogP contribution in [0.15, 0.2) is 0 Å². The van der Waals surface area contributed by atoms with Crippen molar-refractivity contribution in [2.75, 3.05) is 13.7 Å². The van der Waals surface area contributed by atoms with Crippen LogP contribution in [0.3, 0.4) is 0 Å². The summed E-state index contributed by atoms with van der Waals surface area (Å²) in [5.41, 5.74) is 0. The summed E-state index contributed by atoms with van der Waals surface area (Å²) in [5.74, 6) is -0.618. The van der Waals surface area contributed by atoms with E-state index in [9.17, 15) is 9.59 Å². The molecule has 86 valence electrons. The molecule has 0 aromatic carbocycles. The lowest BCUT2D eigenvalue weighted by Gasteiger charge is -2.17. The Hall–Kier alpha value is -1.26. The lowest BCUT2D eigenvalue weighted by molar-refractivity contribution is -0.151. The fourth-order valence-electron chi connectivity index (χ4n) is 1.76. The molecule has 0 aromatic heterocycles. The molecule has 15 heavy (non-hydrogen) atoms. The Bertz CT molecular complexity index is 238. The largest absolute Gasteiger partial charge is 0.508 e. The molecule has 0 aromatic rings. The van der Waals surface area contributed by atoms with Gasteiger partial charge in [0.15, 0.2) is 0 Å². The number of methoxy groups -OCH3 is 1. The molecule has 5 nitrogen and oxygen atoms in total. The van der Waals surface area contributed by atoms with E-state index in [1.165, 1.54) is 7.11 Å². The van der Waals surface area contributed by atoms with Crippen molar-refractivity contribution in [3.63, 3.8) is 0 Å². The highest BCUT2D eigenvalue weighted by Gasteiger charge is 2.37. The van der Waals surface area contributed by atoms with Gasteiger partial charge in [-0.1, -0.05) is 0 Å². The van der Waals surface area contributed by atoms with Gasteiger partial charge in [0.05, 0.1) is 19.6 Å². The Morgan fingerprint density at radius 2 is 2.07 bits per heavy atom. The fraction of sp³-hybridized carbons (Fsp3) is 0.800. The summed E-state index contributed by atoms with van der Waals surface area (Å²) in [7, 11) is 1.25. The Balaban J connectivity index is 2.49. The Kier molecular flexibility index (Phi) is 4.39. The molecule has 0 heterocycles. The van der Waals surface area contributed by atoms with E-state index in [0.29, 0.717) is 19.4 Å². The Labute approximate surface area is 88.7 Å². The van der Waals surface area contributed by atoms with Gasteiger partial charge in [-0.3, -0.25) is 4.79 Å². The van der Waals surface area contributed by atoms with Gasteiger partial charge in [0, 0.05) is 0 Å². The third-order valence-corrected chi connectivity index (χ3v) is 2.46. The van der Waals surface area contributed by atoms with E-state index in [1.54, 1.807) is 6.92 Å². The molecule has 0 spiro atoms. The Morgan fingerprint density at radius 3 is 2.67 bits per heavy atom. The quantitative estimate of drug-likeness (QED) is 0.669. The number of carbonyl (C=O) groups excluding carboxylic acids is 2. The second-order valence-electron chi connectivity index (χ2n) is 3.40. The van der Waals surface area contributed by atoms with Crippen LogP contribution in [0.25, 0.3) is 0 Å². The minimum Gasteiger partial charge on any atom is -0.466 e. The number of carbonyl (C=O) groups is 2. The van der Waals surface area contributed by atoms with Crippen LogP contribution in [0, 0.1) is 5.92 Å². The summed E-state index contributed by atoms with van der Waals surface area (Å²) >= 11 is 0.